The topological polar surface area (TPSA) is 120 Å². The molecule has 0 amide bonds. The van der Waals surface area contributed by atoms with Crippen molar-refractivity contribution in [3.63, 3.8) is 0 Å². The fraction of sp³-hybridized carbons (Fsp3) is 0.585. The molecule has 6 rings (SSSR count). The van der Waals surface area contributed by atoms with Gasteiger partial charge in [0.25, 0.3) is 0 Å². The number of pyridine rings is 1. The van der Waals surface area contributed by atoms with Crippen molar-refractivity contribution in [1.29, 1.82) is 5.26 Å². The zero-order chi connectivity index (χ0) is 38.0. The van der Waals surface area contributed by atoms with Gasteiger partial charge in [-0.25, -0.2) is 15.0 Å². The zero-order valence-electron chi connectivity index (χ0n) is 32.9. The first kappa shape index (κ1) is 38.7. The van der Waals surface area contributed by atoms with E-state index >= 15 is 0 Å². The highest BCUT2D eigenvalue weighted by atomic mass is 28.4. The first-order valence-electron chi connectivity index (χ1n) is 19.3. The maximum absolute atomic E-state index is 12.4. The summed E-state index contributed by atoms with van der Waals surface area (Å²) >= 11 is 0. The molecule has 11 nitrogen and oxygen atoms in total. The number of likely N-dealkylation sites (tertiary alicyclic amines) is 1. The molecule has 1 aromatic carbocycles. The maximum atomic E-state index is 12.4. The van der Waals surface area contributed by atoms with E-state index in [2.05, 4.69) is 104 Å². The molecule has 12 heteroatoms. The van der Waals surface area contributed by atoms with Crippen LogP contribution < -0.4 is 15.1 Å². The number of piperidine rings is 1. The molecular weight excluding hydrogens is 681 g/mol. The van der Waals surface area contributed by atoms with Crippen LogP contribution in [0.1, 0.15) is 73.1 Å². The molecule has 3 aromatic rings. The molecule has 2 aliphatic heterocycles. The van der Waals surface area contributed by atoms with Crippen molar-refractivity contribution in [1.82, 2.24) is 19.9 Å². The molecule has 3 aliphatic rings. The van der Waals surface area contributed by atoms with Crippen LogP contribution >= 0.6 is 0 Å². The van der Waals surface area contributed by atoms with Crippen LogP contribution in [0.3, 0.4) is 0 Å². The smallest absolute Gasteiger partial charge is 0.326 e. The molecule has 2 aromatic heterocycles. The molecule has 1 aliphatic carbocycles. The quantitative estimate of drug-likeness (QED) is 0.137. The van der Waals surface area contributed by atoms with E-state index in [0.29, 0.717) is 30.9 Å². The Labute approximate surface area is 317 Å². The van der Waals surface area contributed by atoms with Gasteiger partial charge >= 0.3 is 5.97 Å². The van der Waals surface area contributed by atoms with Crippen molar-refractivity contribution in [3.05, 3.63) is 55.0 Å². The molecular formula is C41H58N8O3Si. The number of hydrogen-bond acceptors (Lipinski definition) is 11. The van der Waals surface area contributed by atoms with E-state index in [0.717, 1.165) is 79.6 Å². The first-order chi connectivity index (χ1) is 25.2. The average Bonchev–Trinajstić information content (AvgIpc) is 3.86. The molecule has 1 N–H and O–H groups in total. The summed E-state index contributed by atoms with van der Waals surface area (Å²) in [5.41, 5.74) is 3.57. The first-order valence-corrected chi connectivity index (χ1v) is 21.9. The second-order valence-corrected chi connectivity index (χ2v) is 21.6. The number of nitriles is 1. The van der Waals surface area contributed by atoms with E-state index in [-0.39, 0.29) is 28.7 Å². The number of nitrogens with zero attached hydrogens (tertiary/aromatic N) is 7. The van der Waals surface area contributed by atoms with Crippen LogP contribution in [0.15, 0.2) is 55.0 Å². The second-order valence-electron chi connectivity index (χ2n) is 17.0. The number of hydrogen-bond donors (Lipinski definition) is 1. The number of benzene rings is 1. The Bertz CT molecular complexity index is 1760. The summed E-state index contributed by atoms with van der Waals surface area (Å²) in [6.45, 7) is 16.3. The summed E-state index contributed by atoms with van der Waals surface area (Å²) in [5.74, 6) is 1.86. The predicted molar refractivity (Wildman–Crippen MR) is 214 cm³/mol. The number of anilines is 4. The normalized spacial score (nSPS) is 21.5. The molecule has 3 fully saturated rings. The summed E-state index contributed by atoms with van der Waals surface area (Å²) in [6, 6.07) is 16.3. The number of rotatable bonds is 13. The van der Waals surface area contributed by atoms with Crippen molar-refractivity contribution in [2.24, 2.45) is 5.92 Å². The van der Waals surface area contributed by atoms with Gasteiger partial charge in [0.05, 0.1) is 25.7 Å². The monoisotopic (exact) mass is 738 g/mol. The van der Waals surface area contributed by atoms with Crippen molar-refractivity contribution in [3.8, 4) is 17.2 Å². The van der Waals surface area contributed by atoms with Gasteiger partial charge in [0.2, 0.25) is 5.95 Å². The van der Waals surface area contributed by atoms with Gasteiger partial charge in [0.15, 0.2) is 8.32 Å². The van der Waals surface area contributed by atoms with Crippen LogP contribution in [0.4, 0.5) is 23.1 Å². The molecule has 0 spiro atoms. The Morgan fingerprint density at radius 1 is 1.11 bits per heavy atom. The Morgan fingerprint density at radius 3 is 2.45 bits per heavy atom. The van der Waals surface area contributed by atoms with Crippen molar-refractivity contribution < 1.29 is 14.0 Å². The van der Waals surface area contributed by atoms with Gasteiger partial charge in [-0.15, -0.1) is 0 Å². The largest absolute Gasteiger partial charge is 0.468 e. The number of nitrogens with one attached hydrogen (secondary N) is 1. The molecule has 0 bridgehead atoms. The van der Waals surface area contributed by atoms with E-state index in [1.54, 1.807) is 6.20 Å². The van der Waals surface area contributed by atoms with E-state index in [1.807, 2.05) is 24.5 Å². The Hall–Kier alpha value is -4.05. The predicted octanol–water partition coefficient (Wildman–Crippen LogP) is 7.80. The maximum Gasteiger partial charge on any atom is 0.326 e. The minimum Gasteiger partial charge on any atom is -0.468 e. The average molecular weight is 739 g/mol. The van der Waals surface area contributed by atoms with Crippen LogP contribution in [-0.2, 0) is 14.0 Å². The Balaban J connectivity index is 1.09. The molecule has 3 atom stereocenters. The summed E-state index contributed by atoms with van der Waals surface area (Å²) in [4.78, 5) is 33.5. The van der Waals surface area contributed by atoms with Crippen LogP contribution in [-0.4, -0.2) is 91.7 Å². The van der Waals surface area contributed by atoms with Gasteiger partial charge in [0, 0.05) is 74.3 Å². The lowest BCUT2D eigenvalue weighted by atomic mass is 10.00. The van der Waals surface area contributed by atoms with Gasteiger partial charge in [0.1, 0.15) is 11.4 Å². The number of aromatic nitrogens is 3. The number of ether oxygens (including phenoxy) is 1. The van der Waals surface area contributed by atoms with Crippen LogP contribution in [0.2, 0.25) is 17.6 Å². The van der Waals surface area contributed by atoms with E-state index in [4.69, 9.17) is 19.1 Å². The Kier molecular flexibility index (Phi) is 11.5. The number of esters is 1. The fourth-order valence-corrected chi connectivity index (χ4v) is 11.8. The third-order valence-corrected chi connectivity index (χ3v) is 17.6. The molecule has 2 saturated heterocycles. The van der Waals surface area contributed by atoms with Gasteiger partial charge in [-0.05, 0) is 91.5 Å². The van der Waals surface area contributed by atoms with Crippen molar-refractivity contribution >= 4 is 37.4 Å². The fourth-order valence-electron chi connectivity index (χ4n) is 8.28. The summed E-state index contributed by atoms with van der Waals surface area (Å²) in [5, 5.41) is 13.3. The lowest BCUT2D eigenvalue weighted by molar-refractivity contribution is -0.149. The summed E-state index contributed by atoms with van der Waals surface area (Å²) < 4.78 is 12.1. The third-order valence-electron chi connectivity index (χ3n) is 11.9. The summed E-state index contributed by atoms with van der Waals surface area (Å²) in [6.07, 6.45) is 10.6. The second kappa shape index (κ2) is 15.7. The van der Waals surface area contributed by atoms with Crippen LogP contribution in [0, 0.1) is 17.2 Å². The molecule has 284 valence electrons. The molecule has 3 unspecified atom stereocenters. The number of carbonyl (C=O) groups is 1. The van der Waals surface area contributed by atoms with Crippen LogP contribution in [0.5, 0.6) is 0 Å². The minimum absolute atomic E-state index is 0.0221. The SMILES string of the molecule is COC(=O)C1(N2CCC(N(C)c3cccc(Nc4cc(-c5cnc(N6CC(O[Si](C)(CC(C)C)C(C)(C)C)CC6CC#N)nc5)ccn4)c3)CC2)CC1. The highest BCUT2D eigenvalue weighted by molar-refractivity contribution is 6.75. The van der Waals surface area contributed by atoms with Gasteiger partial charge in [-0.3, -0.25) is 9.69 Å². The molecule has 1 saturated carbocycles. The lowest BCUT2D eigenvalue weighted by Crippen LogP contribution is -2.51. The number of carbonyl (C=O) groups excluding carboxylic acids is 1. The van der Waals surface area contributed by atoms with E-state index < -0.39 is 8.32 Å². The number of methoxy groups -OCH3 is 1. The molecule has 4 heterocycles. The molecule has 53 heavy (non-hydrogen) atoms. The van der Waals surface area contributed by atoms with Gasteiger partial charge in [-0.2, -0.15) is 5.26 Å². The standard InChI is InChI=1S/C41H58N8O3Si/c1-29(2)28-53(8,40(3,4)5)52-36-24-35(12-18-42)49(27-36)39-44-25-31(26-45-39)30-13-19-43-37(22-30)46-32-10-9-11-34(23-32)47(6)33-14-20-48(21-15-33)41(16-17-41)38(50)51-7/h9-11,13,19,22-23,25-26,29,33,35-36H,12,14-17,20-21,24,27-28H2,1-8H3,(H,43,46). The van der Waals surface area contributed by atoms with Crippen molar-refractivity contribution in [2.45, 2.75) is 114 Å². The van der Waals surface area contributed by atoms with Gasteiger partial charge < -0.3 is 24.3 Å². The van der Waals surface area contributed by atoms with Crippen LogP contribution in [0.25, 0.3) is 11.1 Å². The van der Waals surface area contributed by atoms with Crippen molar-refractivity contribution in [2.75, 3.05) is 48.9 Å². The van der Waals surface area contributed by atoms with E-state index in [1.165, 1.54) is 7.11 Å². The minimum atomic E-state index is -2.06. The third kappa shape index (κ3) is 8.53. The highest BCUT2D eigenvalue weighted by Gasteiger charge is 2.56. The highest BCUT2D eigenvalue weighted by Crippen LogP contribution is 2.45. The summed E-state index contributed by atoms with van der Waals surface area (Å²) in [7, 11) is 1.59. The van der Waals surface area contributed by atoms with Gasteiger partial charge in [-0.1, -0.05) is 40.7 Å². The lowest BCUT2D eigenvalue weighted by Gasteiger charge is -2.42. The Morgan fingerprint density at radius 2 is 1.83 bits per heavy atom. The molecule has 0 radical (unpaired) electrons. The van der Waals surface area contributed by atoms with E-state index in [9.17, 15) is 10.1 Å². The zero-order valence-corrected chi connectivity index (χ0v) is 33.9.